The second-order valence-electron chi connectivity index (χ2n) is 2.70. The molecule has 0 heterocycles. The molecule has 0 aromatic carbocycles. The van der Waals surface area contributed by atoms with Gasteiger partial charge in [0.05, 0.1) is 0 Å². The van der Waals surface area contributed by atoms with Crippen LogP contribution in [-0.4, -0.2) is 48.4 Å². The van der Waals surface area contributed by atoms with Gasteiger partial charge < -0.3 is 10.2 Å². The number of carboxylic acid groups (broad SMARTS) is 2. The second-order valence-corrected chi connectivity index (χ2v) is 2.70. The van der Waals surface area contributed by atoms with E-state index in [1.807, 2.05) is 0 Å². The van der Waals surface area contributed by atoms with Crippen LogP contribution in [0.25, 0.3) is 0 Å². The zero-order valence-electron chi connectivity index (χ0n) is 7.66. The molecule has 2 N–H and O–H groups in total. The number of carbonyl (C=O) groups is 2. The molecule has 5 heteroatoms. The number of hydrogen-bond acceptors (Lipinski definition) is 2. The summed E-state index contributed by atoms with van der Waals surface area (Å²) in [6, 6.07) is 0. The van der Waals surface area contributed by atoms with Gasteiger partial charge in [-0.15, -0.1) is 0 Å². The molecular weight excluding hydrogens is 369 g/mol. The van der Waals surface area contributed by atoms with Crippen LogP contribution in [0, 0.1) is 0 Å². The molecule has 0 bridgehead atoms. The molecule has 78 valence electrons. The fourth-order valence-corrected chi connectivity index (χ4v) is 0.906. The van der Waals surface area contributed by atoms with Crippen LogP contribution in [0.15, 0.2) is 0 Å². The molecule has 4 nitrogen and oxygen atoms in total. The molecule has 0 amide bonds. The Kier molecular flexibility index (Phi) is 11.7. The van der Waals surface area contributed by atoms with E-state index in [2.05, 4.69) is 0 Å². The van der Waals surface area contributed by atoms with Gasteiger partial charge in [0.25, 0.3) is 0 Å². The van der Waals surface area contributed by atoms with E-state index in [1.54, 1.807) is 0 Å². The fourth-order valence-electron chi connectivity index (χ4n) is 0.906. The molecule has 0 fully saturated rings. The zero-order valence-corrected chi connectivity index (χ0v) is 13.2. The van der Waals surface area contributed by atoms with E-state index in [0.717, 1.165) is 12.8 Å². The Morgan fingerprint density at radius 2 is 1.08 bits per heavy atom. The molecule has 0 aromatic heterocycles. The Hall–Kier alpha value is -0.177. The first-order chi connectivity index (χ1) is 5.63. The van der Waals surface area contributed by atoms with E-state index < -0.39 is 11.9 Å². The van der Waals surface area contributed by atoms with Crippen LogP contribution in [-0.2, 0) is 9.59 Å². The topological polar surface area (TPSA) is 74.6 Å². The number of aliphatic carboxylic acids is 2. The minimum atomic E-state index is -0.784. The SMILES string of the molecule is O=C(O)CCCCCCC(=O)O.[BiH3]. The van der Waals surface area contributed by atoms with Gasteiger partial charge >= 0.3 is 38.1 Å². The average Bonchev–Trinajstić information content (AvgIpc) is 1.95. The molecular formula is C8H17BiO4. The molecule has 0 unspecified atom stereocenters. The molecule has 0 aliphatic carbocycles. The van der Waals surface area contributed by atoms with E-state index in [-0.39, 0.29) is 39.0 Å². The van der Waals surface area contributed by atoms with Gasteiger partial charge in [0.2, 0.25) is 0 Å². The van der Waals surface area contributed by atoms with Gasteiger partial charge in [-0.3, -0.25) is 9.59 Å². The average molecular weight is 386 g/mol. The first-order valence-corrected chi connectivity index (χ1v) is 4.06. The molecule has 0 saturated heterocycles. The number of unbranched alkanes of at least 4 members (excludes halogenated alkanes) is 3. The summed E-state index contributed by atoms with van der Waals surface area (Å²) in [5, 5.41) is 16.5. The first kappa shape index (κ1) is 15.3. The number of rotatable bonds is 7. The zero-order chi connectivity index (χ0) is 9.40. The fraction of sp³-hybridized carbons (Fsp3) is 0.750. The quantitative estimate of drug-likeness (QED) is 0.488. The molecule has 13 heavy (non-hydrogen) atoms. The van der Waals surface area contributed by atoms with Crippen LogP contribution in [0.3, 0.4) is 0 Å². The van der Waals surface area contributed by atoms with E-state index >= 15 is 0 Å². The standard InChI is InChI=1S/C8H14O4.Bi.3H/c9-7(10)5-3-1-2-4-6-8(11)12;;;;/h1-6H2,(H,9,10)(H,11,12);;;;. The Labute approximate surface area is 96.5 Å². The Bertz CT molecular complexity index is 140. The van der Waals surface area contributed by atoms with Gasteiger partial charge in [-0.05, 0) is 12.8 Å². The third-order valence-corrected chi connectivity index (χ3v) is 1.53. The van der Waals surface area contributed by atoms with Crippen molar-refractivity contribution >= 4 is 38.1 Å². The van der Waals surface area contributed by atoms with E-state index in [4.69, 9.17) is 10.2 Å². The summed E-state index contributed by atoms with van der Waals surface area (Å²) >= 11 is 0. The molecule has 0 atom stereocenters. The van der Waals surface area contributed by atoms with E-state index in [0.29, 0.717) is 12.8 Å². The Balaban J connectivity index is 0. The summed E-state index contributed by atoms with van der Waals surface area (Å²) in [5.74, 6) is -1.57. The van der Waals surface area contributed by atoms with Crippen molar-refractivity contribution in [2.75, 3.05) is 0 Å². The molecule has 0 rings (SSSR count). The van der Waals surface area contributed by atoms with Crippen LogP contribution in [0.5, 0.6) is 0 Å². The molecule has 0 aliphatic heterocycles. The molecule has 0 aromatic rings. The van der Waals surface area contributed by atoms with Crippen molar-refractivity contribution in [3.8, 4) is 0 Å². The maximum absolute atomic E-state index is 10.0. The van der Waals surface area contributed by atoms with Gasteiger partial charge in [-0.25, -0.2) is 0 Å². The molecule has 0 saturated carbocycles. The monoisotopic (exact) mass is 386 g/mol. The van der Waals surface area contributed by atoms with Crippen molar-refractivity contribution < 1.29 is 19.8 Å². The van der Waals surface area contributed by atoms with Gasteiger partial charge in [0, 0.05) is 12.8 Å². The van der Waals surface area contributed by atoms with Crippen LogP contribution in [0.2, 0.25) is 0 Å². The summed E-state index contributed by atoms with van der Waals surface area (Å²) in [7, 11) is 0. The number of carboxylic acids is 2. The maximum atomic E-state index is 10.0. The van der Waals surface area contributed by atoms with Gasteiger partial charge in [0.15, 0.2) is 0 Å². The Morgan fingerprint density at radius 1 is 0.769 bits per heavy atom. The van der Waals surface area contributed by atoms with Crippen molar-refractivity contribution in [1.29, 1.82) is 0 Å². The predicted molar refractivity (Wildman–Crippen MR) is 52.9 cm³/mol. The van der Waals surface area contributed by atoms with Gasteiger partial charge in [-0.1, -0.05) is 12.8 Å². The Morgan fingerprint density at radius 3 is 1.31 bits per heavy atom. The second kappa shape index (κ2) is 9.91. The molecule has 0 radical (unpaired) electrons. The van der Waals surface area contributed by atoms with Gasteiger partial charge in [0.1, 0.15) is 0 Å². The molecule has 0 aliphatic rings. The van der Waals surface area contributed by atoms with Crippen LogP contribution >= 0.6 is 0 Å². The third kappa shape index (κ3) is 14.7. The summed E-state index contributed by atoms with van der Waals surface area (Å²) in [4.78, 5) is 20.1. The summed E-state index contributed by atoms with van der Waals surface area (Å²) in [5.41, 5.74) is 0. The van der Waals surface area contributed by atoms with Crippen LogP contribution in [0.1, 0.15) is 38.5 Å². The van der Waals surface area contributed by atoms with Crippen molar-refractivity contribution in [1.82, 2.24) is 0 Å². The van der Waals surface area contributed by atoms with Crippen molar-refractivity contribution in [2.24, 2.45) is 0 Å². The van der Waals surface area contributed by atoms with Crippen molar-refractivity contribution in [3.05, 3.63) is 0 Å². The van der Waals surface area contributed by atoms with Crippen LogP contribution in [0.4, 0.5) is 0 Å². The normalized spacial score (nSPS) is 8.92. The van der Waals surface area contributed by atoms with Gasteiger partial charge in [-0.2, -0.15) is 0 Å². The number of hydrogen-bond donors (Lipinski definition) is 2. The summed E-state index contributed by atoms with van der Waals surface area (Å²) in [6.07, 6.45) is 3.28. The predicted octanol–water partition coefficient (Wildman–Crippen LogP) is 0.312. The van der Waals surface area contributed by atoms with Crippen molar-refractivity contribution in [2.45, 2.75) is 38.5 Å². The molecule has 0 spiro atoms. The van der Waals surface area contributed by atoms with Crippen molar-refractivity contribution in [3.63, 3.8) is 0 Å². The van der Waals surface area contributed by atoms with E-state index in [1.165, 1.54) is 0 Å². The summed E-state index contributed by atoms with van der Waals surface area (Å²) < 4.78 is 0. The third-order valence-electron chi connectivity index (χ3n) is 1.53. The minimum absolute atomic E-state index is 0. The summed E-state index contributed by atoms with van der Waals surface area (Å²) in [6.45, 7) is 0. The van der Waals surface area contributed by atoms with E-state index in [9.17, 15) is 9.59 Å². The first-order valence-electron chi connectivity index (χ1n) is 4.06. The van der Waals surface area contributed by atoms with Crippen LogP contribution < -0.4 is 0 Å².